The summed E-state index contributed by atoms with van der Waals surface area (Å²) < 4.78 is 34.3. The lowest BCUT2D eigenvalue weighted by Gasteiger charge is -2.29. The molecule has 0 radical (unpaired) electrons. The molecule has 0 unspecified atom stereocenters. The third kappa shape index (κ3) is 6.23. The van der Waals surface area contributed by atoms with E-state index in [9.17, 15) is 13.2 Å². The molecule has 224 valence electrons. The zero-order valence-corrected chi connectivity index (χ0v) is 25.9. The molecule has 3 fully saturated rings. The van der Waals surface area contributed by atoms with E-state index < -0.39 is 38.9 Å². The fraction of sp³-hybridized carbons (Fsp3) is 0.417. The zero-order chi connectivity index (χ0) is 30.2. The molecule has 6 rings (SSSR count). The maximum Gasteiger partial charge on any atom is 0.410 e. The molecule has 3 aromatic carbocycles. The summed E-state index contributed by atoms with van der Waals surface area (Å²) in [6.07, 6.45) is 8.72. The molecule has 43 heavy (non-hydrogen) atoms. The van der Waals surface area contributed by atoms with Gasteiger partial charge >= 0.3 is 6.09 Å². The molecular formula is C36H40N2O4S. The maximum absolute atomic E-state index is 14.3. The summed E-state index contributed by atoms with van der Waals surface area (Å²) >= 11 is 0. The molecule has 4 atom stereocenters. The van der Waals surface area contributed by atoms with Gasteiger partial charge in [-0.25, -0.2) is 13.2 Å². The number of allylic oxidation sites excluding steroid dienone is 2. The second kappa shape index (κ2) is 11.8. The van der Waals surface area contributed by atoms with Gasteiger partial charge in [0.1, 0.15) is 10.9 Å². The summed E-state index contributed by atoms with van der Waals surface area (Å²) in [6.45, 7) is 6.00. The standard InChI is InChI=1S/C36H40N2O4S/c1-36(2,3)42-35(39)38-31-21-22-32(38)34(33(31)37-24-27-15-18-28-13-6-7-14-29(28)23-27)43(40,41)30-19-16-26(17-20-30)10-5-4-9-25-11-8-12-25/h4,6-7,9,13-20,23,25,31-34,37H,8,11-12,21-22,24H2,1-3H3/b9-4+/t31-,32+,33-,34-/m0/s1. The first-order valence-electron chi connectivity index (χ1n) is 15.3. The normalized spacial score (nSPS) is 23.7. The molecule has 3 aromatic rings. The van der Waals surface area contributed by atoms with Crippen molar-refractivity contribution in [3.05, 3.63) is 90.0 Å². The van der Waals surface area contributed by atoms with Gasteiger partial charge < -0.3 is 10.1 Å². The molecule has 2 saturated heterocycles. The van der Waals surface area contributed by atoms with Gasteiger partial charge in [0.25, 0.3) is 0 Å². The molecule has 7 heteroatoms. The fourth-order valence-electron chi connectivity index (χ4n) is 6.65. The van der Waals surface area contributed by atoms with Crippen molar-refractivity contribution in [1.82, 2.24) is 10.2 Å². The fourth-order valence-corrected chi connectivity index (χ4v) is 8.82. The van der Waals surface area contributed by atoms with Gasteiger partial charge in [0.2, 0.25) is 0 Å². The van der Waals surface area contributed by atoms with Crippen LogP contribution in [0.5, 0.6) is 0 Å². The van der Waals surface area contributed by atoms with Crippen molar-refractivity contribution in [3.8, 4) is 11.8 Å². The van der Waals surface area contributed by atoms with Crippen molar-refractivity contribution in [3.63, 3.8) is 0 Å². The number of rotatable bonds is 6. The largest absolute Gasteiger partial charge is 0.444 e. The lowest BCUT2D eigenvalue weighted by Crippen LogP contribution is -2.50. The highest BCUT2D eigenvalue weighted by Crippen LogP contribution is 2.44. The number of carbonyl (C=O) groups is 1. The van der Waals surface area contributed by atoms with E-state index in [2.05, 4.69) is 53.6 Å². The summed E-state index contributed by atoms with van der Waals surface area (Å²) in [5.41, 5.74) is 1.16. The first kappa shape index (κ1) is 29.5. The zero-order valence-electron chi connectivity index (χ0n) is 25.1. The minimum Gasteiger partial charge on any atom is -0.444 e. The molecule has 0 aromatic heterocycles. The predicted molar refractivity (Wildman–Crippen MR) is 170 cm³/mol. The van der Waals surface area contributed by atoms with E-state index >= 15 is 0 Å². The van der Waals surface area contributed by atoms with E-state index in [4.69, 9.17) is 4.74 Å². The topological polar surface area (TPSA) is 75.7 Å². The van der Waals surface area contributed by atoms with Crippen molar-refractivity contribution in [1.29, 1.82) is 0 Å². The van der Waals surface area contributed by atoms with Crippen LogP contribution in [0, 0.1) is 17.8 Å². The lowest BCUT2D eigenvalue weighted by atomic mass is 9.85. The molecular weight excluding hydrogens is 556 g/mol. The smallest absolute Gasteiger partial charge is 0.410 e. The van der Waals surface area contributed by atoms with Crippen molar-refractivity contribution < 1.29 is 17.9 Å². The number of carbonyl (C=O) groups excluding carboxylic acids is 1. The number of ether oxygens (including phenoxy) is 1. The van der Waals surface area contributed by atoms with E-state index in [1.54, 1.807) is 29.2 Å². The van der Waals surface area contributed by atoms with Crippen LogP contribution in [0.15, 0.2) is 83.8 Å². The average Bonchev–Trinajstić information content (AvgIpc) is 3.51. The highest BCUT2D eigenvalue weighted by atomic mass is 32.2. The number of hydrogen-bond acceptors (Lipinski definition) is 5. The number of fused-ring (bicyclic) bond motifs is 3. The Hall–Kier alpha value is -3.60. The van der Waals surface area contributed by atoms with Gasteiger partial charge in [0.15, 0.2) is 9.84 Å². The van der Waals surface area contributed by atoms with Crippen molar-refractivity contribution >= 4 is 26.7 Å². The first-order chi connectivity index (χ1) is 20.6. The van der Waals surface area contributed by atoms with Crippen LogP contribution in [-0.2, 0) is 21.1 Å². The lowest BCUT2D eigenvalue weighted by molar-refractivity contribution is 0.0210. The molecule has 1 saturated carbocycles. The third-order valence-electron chi connectivity index (χ3n) is 8.94. The molecule has 1 amide bonds. The maximum atomic E-state index is 14.3. The second-order valence-electron chi connectivity index (χ2n) is 13.0. The summed E-state index contributed by atoms with van der Waals surface area (Å²) in [7, 11) is -3.79. The van der Waals surface area contributed by atoms with E-state index in [0.29, 0.717) is 18.9 Å². The Morgan fingerprint density at radius 1 is 0.977 bits per heavy atom. The Bertz CT molecular complexity index is 1690. The Labute approximate surface area is 255 Å². The van der Waals surface area contributed by atoms with Crippen LogP contribution in [0.4, 0.5) is 4.79 Å². The minimum absolute atomic E-state index is 0.252. The van der Waals surface area contributed by atoms with Crippen LogP contribution in [-0.4, -0.2) is 48.4 Å². The Morgan fingerprint density at radius 3 is 2.40 bits per heavy atom. The van der Waals surface area contributed by atoms with Crippen molar-refractivity contribution in [2.75, 3.05) is 0 Å². The number of hydrogen-bond donors (Lipinski definition) is 1. The van der Waals surface area contributed by atoms with E-state index in [1.165, 1.54) is 19.3 Å². The number of sulfone groups is 1. The Balaban J connectivity index is 1.26. The van der Waals surface area contributed by atoms with E-state index in [1.807, 2.05) is 39.0 Å². The van der Waals surface area contributed by atoms with Gasteiger partial charge in [-0.15, -0.1) is 0 Å². The van der Waals surface area contributed by atoms with Crippen LogP contribution in [0.2, 0.25) is 0 Å². The molecule has 6 nitrogen and oxygen atoms in total. The SMILES string of the molecule is CC(C)(C)OC(=O)N1[C@@H]2CC[C@H]1[C@H](NCc1ccc3ccccc3c1)[C@H]2S(=O)(=O)c1ccc(C#C/C=C/C2CCC2)cc1. The highest BCUT2D eigenvalue weighted by molar-refractivity contribution is 7.92. The Morgan fingerprint density at radius 2 is 1.70 bits per heavy atom. The van der Waals surface area contributed by atoms with Gasteiger partial charge in [-0.3, -0.25) is 4.90 Å². The summed E-state index contributed by atoms with van der Waals surface area (Å²) in [5, 5.41) is 5.08. The molecule has 3 aliphatic rings. The Kier molecular flexibility index (Phi) is 8.10. The summed E-state index contributed by atoms with van der Waals surface area (Å²) in [4.78, 5) is 15.3. The van der Waals surface area contributed by atoms with Crippen molar-refractivity contribution in [2.45, 2.75) is 93.3 Å². The van der Waals surface area contributed by atoms with Crippen LogP contribution in [0.3, 0.4) is 0 Å². The number of nitrogens with zero attached hydrogens (tertiary/aromatic N) is 1. The van der Waals surface area contributed by atoms with Crippen LogP contribution in [0.25, 0.3) is 10.8 Å². The molecule has 1 aliphatic carbocycles. The first-order valence-corrected chi connectivity index (χ1v) is 16.9. The van der Waals surface area contributed by atoms with Gasteiger partial charge in [0.05, 0.1) is 17.0 Å². The highest BCUT2D eigenvalue weighted by Gasteiger charge is 2.60. The monoisotopic (exact) mass is 596 g/mol. The van der Waals surface area contributed by atoms with Crippen LogP contribution in [0.1, 0.15) is 64.0 Å². The molecule has 0 spiro atoms. The number of amides is 1. The molecule has 1 N–H and O–H groups in total. The van der Waals surface area contributed by atoms with Crippen molar-refractivity contribution in [2.24, 2.45) is 5.92 Å². The predicted octanol–water partition coefficient (Wildman–Crippen LogP) is 6.63. The van der Waals surface area contributed by atoms with Gasteiger partial charge in [-0.1, -0.05) is 60.7 Å². The van der Waals surface area contributed by atoms with E-state index in [0.717, 1.165) is 28.3 Å². The quantitative estimate of drug-likeness (QED) is 0.323. The average molecular weight is 597 g/mol. The minimum atomic E-state index is -3.79. The molecule has 2 aliphatic heterocycles. The van der Waals surface area contributed by atoms with Crippen LogP contribution < -0.4 is 5.32 Å². The van der Waals surface area contributed by atoms with Gasteiger partial charge in [-0.05, 0) is 105 Å². The molecule has 2 bridgehead atoms. The number of nitrogens with one attached hydrogen (secondary N) is 1. The summed E-state index contributed by atoms with van der Waals surface area (Å²) in [5.74, 6) is 6.83. The van der Waals surface area contributed by atoms with E-state index in [-0.39, 0.29) is 10.9 Å². The molecule has 2 heterocycles. The van der Waals surface area contributed by atoms with Gasteiger partial charge in [0, 0.05) is 18.2 Å². The van der Waals surface area contributed by atoms with Crippen LogP contribution >= 0.6 is 0 Å². The van der Waals surface area contributed by atoms with Gasteiger partial charge in [-0.2, -0.15) is 0 Å². The second-order valence-corrected chi connectivity index (χ2v) is 15.1. The number of benzene rings is 3. The third-order valence-corrected chi connectivity index (χ3v) is 11.2. The summed E-state index contributed by atoms with van der Waals surface area (Å²) in [6, 6.07) is 20.1.